The molecular formula is C21H25NO5. The molecule has 0 atom stereocenters. The minimum Gasteiger partial charge on any atom is -0.490 e. The fourth-order valence-electron chi connectivity index (χ4n) is 2.25. The molecule has 2 rings (SSSR count). The summed E-state index contributed by atoms with van der Waals surface area (Å²) in [5.41, 5.74) is -0.121. The van der Waals surface area contributed by atoms with Gasteiger partial charge in [-0.05, 0) is 45.0 Å². The normalized spacial score (nSPS) is 10.8. The second-order valence-electron chi connectivity index (χ2n) is 6.88. The van der Waals surface area contributed by atoms with Crippen LogP contribution in [-0.4, -0.2) is 37.2 Å². The van der Waals surface area contributed by atoms with Crippen LogP contribution in [0.25, 0.3) is 0 Å². The van der Waals surface area contributed by atoms with E-state index in [1.807, 2.05) is 51.1 Å². The third-order valence-electron chi connectivity index (χ3n) is 3.31. The first-order valence-corrected chi connectivity index (χ1v) is 8.73. The van der Waals surface area contributed by atoms with E-state index in [0.29, 0.717) is 12.4 Å². The minimum atomic E-state index is -0.612. The second-order valence-corrected chi connectivity index (χ2v) is 6.88. The Bertz CT molecular complexity index is 753. The van der Waals surface area contributed by atoms with Crippen molar-refractivity contribution in [3.05, 3.63) is 60.2 Å². The molecule has 0 spiro atoms. The Morgan fingerprint density at radius 1 is 0.889 bits per heavy atom. The average molecular weight is 371 g/mol. The van der Waals surface area contributed by atoms with Gasteiger partial charge in [0, 0.05) is 5.54 Å². The summed E-state index contributed by atoms with van der Waals surface area (Å²) >= 11 is 0. The molecule has 0 aliphatic heterocycles. The number of hydrogen-bond donors (Lipinski definition) is 1. The van der Waals surface area contributed by atoms with Gasteiger partial charge in [0.25, 0.3) is 5.91 Å². The van der Waals surface area contributed by atoms with Crippen molar-refractivity contribution >= 4 is 11.9 Å². The zero-order valence-corrected chi connectivity index (χ0v) is 15.9. The van der Waals surface area contributed by atoms with Crippen LogP contribution in [0.1, 0.15) is 31.1 Å². The first-order valence-electron chi connectivity index (χ1n) is 8.73. The van der Waals surface area contributed by atoms with E-state index in [-0.39, 0.29) is 30.2 Å². The van der Waals surface area contributed by atoms with Crippen molar-refractivity contribution in [2.24, 2.45) is 0 Å². The standard InChI is InChI=1S/C21H25NO5/c1-21(2,3)22-19(23)15-27-20(24)17-11-7-8-12-18(17)26-14-13-25-16-9-5-4-6-10-16/h4-12H,13-15H2,1-3H3,(H,22,23). The van der Waals surface area contributed by atoms with Crippen LogP contribution in [0.2, 0.25) is 0 Å². The van der Waals surface area contributed by atoms with Gasteiger partial charge in [0.05, 0.1) is 0 Å². The molecule has 0 bridgehead atoms. The van der Waals surface area contributed by atoms with Crippen LogP contribution in [0.5, 0.6) is 11.5 Å². The molecule has 0 saturated heterocycles. The Kier molecular flexibility index (Phi) is 7.23. The highest BCUT2D eigenvalue weighted by Gasteiger charge is 2.18. The lowest BCUT2D eigenvalue weighted by Gasteiger charge is -2.20. The maximum atomic E-state index is 12.3. The fraction of sp³-hybridized carbons (Fsp3) is 0.333. The van der Waals surface area contributed by atoms with Crippen LogP contribution in [0.15, 0.2) is 54.6 Å². The summed E-state index contributed by atoms with van der Waals surface area (Å²) in [5, 5.41) is 2.73. The van der Waals surface area contributed by atoms with Crippen LogP contribution in [0.4, 0.5) is 0 Å². The van der Waals surface area contributed by atoms with Crippen molar-refractivity contribution in [1.29, 1.82) is 0 Å². The van der Waals surface area contributed by atoms with Crippen molar-refractivity contribution in [2.45, 2.75) is 26.3 Å². The molecule has 144 valence electrons. The molecule has 6 nitrogen and oxygen atoms in total. The SMILES string of the molecule is CC(C)(C)NC(=O)COC(=O)c1ccccc1OCCOc1ccccc1. The third-order valence-corrected chi connectivity index (χ3v) is 3.31. The lowest BCUT2D eigenvalue weighted by molar-refractivity contribution is -0.125. The molecule has 27 heavy (non-hydrogen) atoms. The summed E-state index contributed by atoms with van der Waals surface area (Å²) in [6, 6.07) is 16.1. The van der Waals surface area contributed by atoms with Crippen molar-refractivity contribution in [1.82, 2.24) is 5.32 Å². The van der Waals surface area contributed by atoms with Crippen molar-refractivity contribution in [3.8, 4) is 11.5 Å². The maximum Gasteiger partial charge on any atom is 0.342 e. The predicted molar refractivity (Wildman–Crippen MR) is 102 cm³/mol. The maximum absolute atomic E-state index is 12.3. The Labute approximate surface area is 159 Å². The van der Waals surface area contributed by atoms with Gasteiger partial charge < -0.3 is 19.5 Å². The van der Waals surface area contributed by atoms with E-state index in [2.05, 4.69) is 5.32 Å². The van der Waals surface area contributed by atoms with E-state index in [1.165, 1.54) is 0 Å². The van der Waals surface area contributed by atoms with E-state index in [4.69, 9.17) is 14.2 Å². The van der Waals surface area contributed by atoms with Crippen molar-refractivity contribution < 1.29 is 23.8 Å². The summed E-state index contributed by atoms with van der Waals surface area (Å²) < 4.78 is 16.3. The quantitative estimate of drug-likeness (QED) is 0.570. The highest BCUT2D eigenvalue weighted by atomic mass is 16.5. The fourth-order valence-corrected chi connectivity index (χ4v) is 2.25. The number of esters is 1. The molecule has 1 N–H and O–H groups in total. The third kappa shape index (κ3) is 7.40. The van der Waals surface area contributed by atoms with Gasteiger partial charge in [-0.15, -0.1) is 0 Å². The Balaban J connectivity index is 1.85. The van der Waals surface area contributed by atoms with Gasteiger partial charge in [-0.25, -0.2) is 4.79 Å². The van der Waals surface area contributed by atoms with Crippen molar-refractivity contribution in [2.75, 3.05) is 19.8 Å². The largest absolute Gasteiger partial charge is 0.490 e. The topological polar surface area (TPSA) is 73.9 Å². The first kappa shape index (κ1) is 20.3. The Morgan fingerprint density at radius 2 is 1.52 bits per heavy atom. The van der Waals surface area contributed by atoms with E-state index in [0.717, 1.165) is 5.75 Å². The van der Waals surface area contributed by atoms with E-state index in [9.17, 15) is 9.59 Å². The molecule has 0 unspecified atom stereocenters. The van der Waals surface area contributed by atoms with Crippen LogP contribution >= 0.6 is 0 Å². The zero-order chi connectivity index (χ0) is 19.7. The molecule has 0 radical (unpaired) electrons. The first-order chi connectivity index (χ1) is 12.8. The summed E-state index contributed by atoms with van der Waals surface area (Å²) in [6.07, 6.45) is 0. The number of amides is 1. The summed E-state index contributed by atoms with van der Waals surface area (Å²) in [7, 11) is 0. The molecule has 0 fully saturated rings. The molecule has 1 amide bonds. The molecule has 0 saturated carbocycles. The minimum absolute atomic E-state index is 0.265. The highest BCUT2D eigenvalue weighted by molar-refractivity contribution is 5.94. The van der Waals surface area contributed by atoms with Gasteiger partial charge in [-0.2, -0.15) is 0 Å². The molecule has 0 aliphatic rings. The van der Waals surface area contributed by atoms with E-state index >= 15 is 0 Å². The van der Waals surface area contributed by atoms with Gasteiger partial charge in [0.2, 0.25) is 0 Å². The molecule has 0 aromatic heterocycles. The number of nitrogens with one attached hydrogen (secondary N) is 1. The van der Waals surface area contributed by atoms with Crippen LogP contribution in [0.3, 0.4) is 0 Å². The smallest absolute Gasteiger partial charge is 0.342 e. The summed E-state index contributed by atoms with van der Waals surface area (Å²) in [5.74, 6) is 0.165. The number of hydrogen-bond acceptors (Lipinski definition) is 5. The van der Waals surface area contributed by atoms with Gasteiger partial charge in [-0.3, -0.25) is 4.79 Å². The molecule has 6 heteroatoms. The molecule has 2 aromatic rings. The Morgan fingerprint density at radius 3 is 2.22 bits per heavy atom. The lowest BCUT2D eigenvalue weighted by atomic mass is 10.1. The monoisotopic (exact) mass is 371 g/mol. The van der Waals surface area contributed by atoms with Crippen LogP contribution in [0, 0.1) is 0 Å². The Hall–Kier alpha value is -3.02. The number of ether oxygens (including phenoxy) is 3. The van der Waals surface area contributed by atoms with Gasteiger partial charge in [0.15, 0.2) is 6.61 Å². The zero-order valence-electron chi connectivity index (χ0n) is 15.9. The number of para-hydroxylation sites is 2. The lowest BCUT2D eigenvalue weighted by Crippen LogP contribution is -2.42. The van der Waals surface area contributed by atoms with Gasteiger partial charge in [-0.1, -0.05) is 30.3 Å². The number of carbonyl (C=O) groups is 2. The summed E-state index contributed by atoms with van der Waals surface area (Å²) in [4.78, 5) is 24.1. The highest BCUT2D eigenvalue weighted by Crippen LogP contribution is 2.19. The van der Waals surface area contributed by atoms with Crippen LogP contribution in [-0.2, 0) is 9.53 Å². The van der Waals surface area contributed by atoms with Crippen LogP contribution < -0.4 is 14.8 Å². The summed E-state index contributed by atoms with van der Waals surface area (Å²) in [6.45, 7) is 5.82. The second kappa shape index (κ2) is 9.62. The number of rotatable bonds is 8. The molecule has 0 aliphatic carbocycles. The predicted octanol–water partition coefficient (Wildman–Crippen LogP) is 3.22. The van der Waals surface area contributed by atoms with Gasteiger partial charge >= 0.3 is 5.97 Å². The number of benzene rings is 2. The van der Waals surface area contributed by atoms with E-state index < -0.39 is 5.97 Å². The van der Waals surface area contributed by atoms with E-state index in [1.54, 1.807) is 24.3 Å². The van der Waals surface area contributed by atoms with Gasteiger partial charge in [0.1, 0.15) is 30.3 Å². The molecule has 0 heterocycles. The number of carbonyl (C=O) groups excluding carboxylic acids is 2. The van der Waals surface area contributed by atoms with Crippen molar-refractivity contribution in [3.63, 3.8) is 0 Å². The molecular weight excluding hydrogens is 346 g/mol. The molecule has 2 aromatic carbocycles. The average Bonchev–Trinajstić information content (AvgIpc) is 2.63.